The van der Waals surface area contributed by atoms with E-state index in [1.807, 2.05) is 6.92 Å². The van der Waals surface area contributed by atoms with E-state index in [0.717, 1.165) is 31.8 Å². The maximum atomic E-state index is 13.7. The molecule has 0 spiro atoms. The summed E-state index contributed by atoms with van der Waals surface area (Å²) < 4.78 is 48.8. The summed E-state index contributed by atoms with van der Waals surface area (Å²) in [6.45, 7) is 2.91. The molecule has 2 aliphatic rings. The molecule has 49 heavy (non-hydrogen) atoms. The van der Waals surface area contributed by atoms with Crippen molar-refractivity contribution >= 4 is 40.8 Å². The zero-order chi connectivity index (χ0) is 35.2. The predicted molar refractivity (Wildman–Crippen MR) is 179 cm³/mol. The molecule has 5 rings (SSSR count). The maximum Gasteiger partial charge on any atom is 0.387 e. The van der Waals surface area contributed by atoms with Crippen LogP contribution in [0.3, 0.4) is 0 Å². The number of carbonyl (C=O) groups excluding carboxylic acids is 2. The lowest BCUT2D eigenvalue weighted by Gasteiger charge is -2.36. The molecule has 1 aromatic heterocycles. The first-order valence-corrected chi connectivity index (χ1v) is 16.6. The third kappa shape index (κ3) is 9.84. The van der Waals surface area contributed by atoms with Crippen molar-refractivity contribution < 1.29 is 42.0 Å². The van der Waals surface area contributed by atoms with Crippen molar-refractivity contribution in [2.45, 2.75) is 57.9 Å². The van der Waals surface area contributed by atoms with Gasteiger partial charge in [0.15, 0.2) is 23.9 Å². The second kappa shape index (κ2) is 16.2. The van der Waals surface area contributed by atoms with Gasteiger partial charge in [0.1, 0.15) is 21.9 Å². The van der Waals surface area contributed by atoms with Crippen molar-refractivity contribution in [3.05, 3.63) is 80.7 Å². The molecule has 3 aromatic rings. The van der Waals surface area contributed by atoms with Crippen LogP contribution >= 0.6 is 23.2 Å². The number of rotatable bonds is 14. The molecule has 0 bridgehead atoms. The van der Waals surface area contributed by atoms with Crippen molar-refractivity contribution in [3.8, 4) is 17.2 Å². The molecule has 15 heteroatoms. The predicted octanol–water partition coefficient (Wildman–Crippen LogP) is 5.79. The van der Waals surface area contributed by atoms with E-state index >= 15 is 0 Å². The summed E-state index contributed by atoms with van der Waals surface area (Å²) >= 11 is 12.8. The van der Waals surface area contributed by atoms with Crippen molar-refractivity contribution in [1.82, 2.24) is 10.2 Å². The van der Waals surface area contributed by atoms with Gasteiger partial charge in [0.25, 0.3) is 0 Å². The Labute approximate surface area is 292 Å². The van der Waals surface area contributed by atoms with Crippen LogP contribution in [0.15, 0.2) is 48.8 Å². The van der Waals surface area contributed by atoms with Gasteiger partial charge in [0, 0.05) is 37.2 Å². The highest BCUT2D eigenvalue weighted by atomic mass is 35.5. The van der Waals surface area contributed by atoms with E-state index in [1.54, 1.807) is 0 Å². The Bertz CT molecular complexity index is 1640. The molecule has 0 radical (unpaired) electrons. The van der Waals surface area contributed by atoms with Gasteiger partial charge in [-0.1, -0.05) is 29.3 Å². The molecule has 1 saturated carbocycles. The highest BCUT2D eigenvalue weighted by molar-refractivity contribution is 6.35. The summed E-state index contributed by atoms with van der Waals surface area (Å²) in [6, 6.07) is 9.11. The minimum absolute atomic E-state index is 0.0362. The van der Waals surface area contributed by atoms with Gasteiger partial charge in [-0.15, -0.1) is 0 Å². The van der Waals surface area contributed by atoms with Crippen LogP contribution < -0.4 is 29.6 Å². The fourth-order valence-electron chi connectivity index (χ4n) is 5.48. The Balaban J connectivity index is 1.42. The number of piperazine rings is 1. The first-order chi connectivity index (χ1) is 23.4. The number of halogens is 4. The molecule has 2 aromatic carbocycles. The number of benzene rings is 2. The number of nitrogens with one attached hydrogen (secondary N) is 2. The lowest BCUT2D eigenvalue weighted by molar-refractivity contribution is -0.605. The minimum atomic E-state index is -3.09. The monoisotopic (exact) mass is 722 g/mol. The molecular weight excluding hydrogens is 685 g/mol. The van der Waals surface area contributed by atoms with Crippen LogP contribution in [-0.2, 0) is 16.0 Å². The van der Waals surface area contributed by atoms with Crippen molar-refractivity contribution in [1.29, 1.82) is 0 Å². The molecule has 2 heterocycles. The molecule has 1 aliphatic heterocycles. The second-order valence-corrected chi connectivity index (χ2v) is 13.1. The van der Waals surface area contributed by atoms with E-state index in [-0.39, 0.29) is 63.8 Å². The van der Waals surface area contributed by atoms with Crippen molar-refractivity contribution in [2.24, 2.45) is 5.92 Å². The number of ether oxygens (including phenoxy) is 4. The smallest absolute Gasteiger partial charge is 0.387 e. The van der Waals surface area contributed by atoms with E-state index in [0.29, 0.717) is 40.7 Å². The molecule has 2 N–H and O–H groups in total. The summed E-state index contributed by atoms with van der Waals surface area (Å²) in [7, 11) is 1.45. The second-order valence-electron chi connectivity index (χ2n) is 12.3. The number of aromatic nitrogens is 1. The Hall–Kier alpha value is -3.91. The molecule has 11 nitrogen and oxygen atoms in total. The number of carbonyl (C=O) groups is 2. The van der Waals surface area contributed by atoms with Gasteiger partial charge in [-0.2, -0.15) is 13.5 Å². The summed E-state index contributed by atoms with van der Waals surface area (Å²) in [6.07, 6.45) is 3.01. The van der Waals surface area contributed by atoms with Gasteiger partial charge in [-0.05, 0) is 68.5 Å². The van der Waals surface area contributed by atoms with E-state index in [1.165, 1.54) is 43.5 Å². The third-order valence-corrected chi connectivity index (χ3v) is 9.02. The number of alkyl halides is 2. The molecule has 1 aliphatic carbocycles. The highest BCUT2D eigenvalue weighted by Gasteiger charge is 2.28. The van der Waals surface area contributed by atoms with Crippen LogP contribution in [0.2, 0.25) is 10.0 Å². The number of hydrogen-bond acceptors (Lipinski definition) is 9. The number of pyridine rings is 1. The molecule has 2 fully saturated rings. The van der Waals surface area contributed by atoms with E-state index in [2.05, 4.69) is 27.2 Å². The molecule has 264 valence electrons. The van der Waals surface area contributed by atoms with E-state index < -0.39 is 18.7 Å². The lowest BCUT2D eigenvalue weighted by atomic mass is 10.0. The summed E-state index contributed by atoms with van der Waals surface area (Å²) in [5.74, 6) is -0.529. The normalized spacial score (nSPS) is 18.5. The zero-order valence-electron chi connectivity index (χ0n) is 27.2. The number of hydrogen-bond donors (Lipinski definition) is 2. The number of nitrogens with zero attached hydrogens (tertiary/aromatic N) is 2. The number of amides is 1. The topological polar surface area (TPSA) is 125 Å². The summed E-state index contributed by atoms with van der Waals surface area (Å²) in [5.41, 5.74) is 1.05. The number of anilines is 1. The van der Waals surface area contributed by atoms with Gasteiger partial charge in [-0.3, -0.25) is 9.69 Å². The third-order valence-electron chi connectivity index (χ3n) is 8.37. The Morgan fingerprint density at radius 1 is 1.08 bits per heavy atom. The molecule has 1 unspecified atom stereocenters. The molecule has 1 amide bonds. The Morgan fingerprint density at radius 3 is 2.47 bits per heavy atom. The van der Waals surface area contributed by atoms with Gasteiger partial charge < -0.3 is 34.8 Å². The first-order valence-electron chi connectivity index (χ1n) is 15.8. The van der Waals surface area contributed by atoms with Crippen LogP contribution in [-0.4, -0.2) is 68.8 Å². The standard InChI is InChI=1S/C34H38Cl2F2N4O7/c1-19-14-41(20(2)13-39-19)17-32(43)40-27-10-23(7-8-28(27)46-3)33(44)48-30(12-24-25(35)15-42(45)16-26(24)36)22-6-9-29(49-34(37)38)31(11-22)47-18-21-4-5-21/h6-11,15-16,19-21,30,34,39H,4-5,12-14,17-18H2,1-3H3,(H,40,43)/t19-,20+,30?/m1/s1. The van der Waals surface area contributed by atoms with Crippen LogP contribution in [0.5, 0.6) is 17.2 Å². The summed E-state index contributed by atoms with van der Waals surface area (Å²) in [4.78, 5) is 28.9. The summed E-state index contributed by atoms with van der Waals surface area (Å²) in [5, 5.41) is 18.2. The number of methoxy groups -OCH3 is 1. The van der Waals surface area contributed by atoms with Crippen molar-refractivity contribution in [2.75, 3.05) is 38.7 Å². The maximum absolute atomic E-state index is 13.7. The van der Waals surface area contributed by atoms with Gasteiger partial charge >= 0.3 is 12.6 Å². The van der Waals surface area contributed by atoms with Crippen LogP contribution in [0.1, 0.15) is 54.3 Å². The van der Waals surface area contributed by atoms with E-state index in [4.69, 9.17) is 37.4 Å². The average molecular weight is 724 g/mol. The largest absolute Gasteiger partial charge is 0.619 e. The fraction of sp³-hybridized carbons (Fsp3) is 0.441. The molecule has 3 atom stereocenters. The lowest BCUT2D eigenvalue weighted by Crippen LogP contribution is -2.55. The Morgan fingerprint density at radius 2 is 1.80 bits per heavy atom. The van der Waals surface area contributed by atoms with Crippen LogP contribution in [0.25, 0.3) is 0 Å². The van der Waals surface area contributed by atoms with Gasteiger partial charge in [0.2, 0.25) is 5.91 Å². The molecular formula is C34H38Cl2F2N4O7. The van der Waals surface area contributed by atoms with Gasteiger partial charge in [-0.25, -0.2) is 4.79 Å². The first kappa shape index (κ1) is 36.4. The Kier molecular flexibility index (Phi) is 12.0. The van der Waals surface area contributed by atoms with E-state index in [9.17, 15) is 23.6 Å². The van der Waals surface area contributed by atoms with Gasteiger partial charge in [0.05, 0.1) is 31.5 Å². The van der Waals surface area contributed by atoms with Crippen LogP contribution in [0.4, 0.5) is 14.5 Å². The quantitative estimate of drug-likeness (QED) is 0.121. The zero-order valence-corrected chi connectivity index (χ0v) is 28.7. The SMILES string of the molecule is COc1ccc(C(=O)OC(Cc2c(Cl)c[n+]([O-])cc2Cl)c2ccc(OC(F)F)c(OCC3CC3)c2)cc1NC(=O)CN1C[C@@H](C)NC[C@@H]1C. The molecule has 1 saturated heterocycles. The fourth-order valence-corrected chi connectivity index (χ4v) is 6.08. The highest BCUT2D eigenvalue weighted by Crippen LogP contribution is 2.38. The number of esters is 1. The minimum Gasteiger partial charge on any atom is -0.619 e. The van der Waals surface area contributed by atoms with Crippen molar-refractivity contribution in [3.63, 3.8) is 0 Å². The van der Waals surface area contributed by atoms with Crippen LogP contribution in [0, 0.1) is 11.1 Å². The average Bonchev–Trinajstić information content (AvgIpc) is 3.88.